The van der Waals surface area contributed by atoms with Crippen molar-refractivity contribution in [3.63, 3.8) is 0 Å². The molecule has 1 fully saturated rings. The maximum absolute atomic E-state index is 12.6. The van der Waals surface area contributed by atoms with Crippen LogP contribution in [0.5, 0.6) is 0 Å². The van der Waals surface area contributed by atoms with E-state index in [4.69, 9.17) is 0 Å². The lowest BCUT2D eigenvalue weighted by molar-refractivity contribution is -0.132. The number of piperazine rings is 1. The van der Waals surface area contributed by atoms with Crippen molar-refractivity contribution in [2.45, 2.75) is 20.8 Å². The van der Waals surface area contributed by atoms with Gasteiger partial charge in [-0.05, 0) is 45.2 Å². The van der Waals surface area contributed by atoms with Gasteiger partial charge in [0.05, 0.1) is 0 Å². The van der Waals surface area contributed by atoms with Gasteiger partial charge >= 0.3 is 0 Å². The van der Waals surface area contributed by atoms with Crippen LogP contribution in [0.2, 0.25) is 0 Å². The maximum atomic E-state index is 12.6. The van der Waals surface area contributed by atoms with Gasteiger partial charge in [-0.3, -0.25) is 9.59 Å². The van der Waals surface area contributed by atoms with E-state index in [0.717, 1.165) is 50.6 Å². The van der Waals surface area contributed by atoms with E-state index >= 15 is 0 Å². The smallest absolute Gasteiger partial charge is 0.242 e. The van der Waals surface area contributed by atoms with Crippen LogP contribution in [0, 0.1) is 0 Å². The molecule has 0 unspecified atom stereocenters. The van der Waals surface area contributed by atoms with Gasteiger partial charge in [0.25, 0.3) is 0 Å². The SMILES string of the molecule is CCN(CC)c1ccc(N(CC(=O)N2CCN(C)CC2)C(C)=O)cc1. The average Bonchev–Trinajstić information content (AvgIpc) is 2.61. The first kappa shape index (κ1) is 19.2. The van der Waals surface area contributed by atoms with E-state index in [1.54, 1.807) is 4.90 Å². The van der Waals surface area contributed by atoms with E-state index < -0.39 is 0 Å². The molecule has 1 heterocycles. The summed E-state index contributed by atoms with van der Waals surface area (Å²) in [5.74, 6) is -0.103. The van der Waals surface area contributed by atoms with Gasteiger partial charge in [-0.15, -0.1) is 0 Å². The van der Waals surface area contributed by atoms with Gasteiger partial charge < -0.3 is 19.6 Å². The van der Waals surface area contributed by atoms with Crippen molar-refractivity contribution in [3.8, 4) is 0 Å². The Morgan fingerprint density at radius 2 is 1.48 bits per heavy atom. The van der Waals surface area contributed by atoms with E-state index in [-0.39, 0.29) is 18.4 Å². The first-order valence-electron chi connectivity index (χ1n) is 9.05. The number of likely N-dealkylation sites (N-methyl/N-ethyl adjacent to an activating group) is 1. The number of carbonyl (C=O) groups excluding carboxylic acids is 2. The zero-order chi connectivity index (χ0) is 18.4. The van der Waals surface area contributed by atoms with Crippen LogP contribution in [0.1, 0.15) is 20.8 Å². The van der Waals surface area contributed by atoms with Gasteiger partial charge in [0.15, 0.2) is 0 Å². The first-order valence-corrected chi connectivity index (χ1v) is 9.05. The molecule has 1 aliphatic rings. The molecule has 0 spiro atoms. The van der Waals surface area contributed by atoms with Crippen LogP contribution in [0.4, 0.5) is 11.4 Å². The largest absolute Gasteiger partial charge is 0.372 e. The number of amides is 2. The van der Waals surface area contributed by atoms with Crippen LogP contribution >= 0.6 is 0 Å². The Bertz CT molecular complexity index is 576. The lowest BCUT2D eigenvalue weighted by Crippen LogP contribution is -2.50. The van der Waals surface area contributed by atoms with Crippen molar-refractivity contribution in [1.29, 1.82) is 0 Å². The summed E-state index contributed by atoms with van der Waals surface area (Å²) < 4.78 is 0. The molecule has 0 N–H and O–H groups in total. The summed E-state index contributed by atoms with van der Waals surface area (Å²) in [5, 5.41) is 0. The van der Waals surface area contributed by atoms with Gasteiger partial charge in [0.1, 0.15) is 6.54 Å². The molecule has 0 bridgehead atoms. The molecule has 1 aromatic rings. The summed E-state index contributed by atoms with van der Waals surface area (Å²) in [6.07, 6.45) is 0. The Morgan fingerprint density at radius 3 is 1.96 bits per heavy atom. The lowest BCUT2D eigenvalue weighted by Gasteiger charge is -2.34. The molecular weight excluding hydrogens is 316 g/mol. The Morgan fingerprint density at radius 1 is 0.960 bits per heavy atom. The van der Waals surface area contributed by atoms with E-state index in [9.17, 15) is 9.59 Å². The van der Waals surface area contributed by atoms with Crippen LogP contribution in [-0.2, 0) is 9.59 Å². The van der Waals surface area contributed by atoms with Crippen molar-refractivity contribution < 1.29 is 9.59 Å². The van der Waals surface area contributed by atoms with Crippen LogP contribution in [0.3, 0.4) is 0 Å². The lowest BCUT2D eigenvalue weighted by atomic mass is 10.2. The van der Waals surface area contributed by atoms with Crippen molar-refractivity contribution in [1.82, 2.24) is 9.80 Å². The topological polar surface area (TPSA) is 47.1 Å². The van der Waals surface area contributed by atoms with Gasteiger partial charge in [-0.25, -0.2) is 0 Å². The monoisotopic (exact) mass is 346 g/mol. The van der Waals surface area contributed by atoms with Crippen molar-refractivity contribution in [3.05, 3.63) is 24.3 Å². The number of hydrogen-bond donors (Lipinski definition) is 0. The third-order valence-electron chi connectivity index (χ3n) is 4.82. The molecule has 6 heteroatoms. The molecule has 6 nitrogen and oxygen atoms in total. The highest BCUT2D eigenvalue weighted by Crippen LogP contribution is 2.21. The zero-order valence-electron chi connectivity index (χ0n) is 15.9. The van der Waals surface area contributed by atoms with Crippen molar-refractivity contribution in [2.24, 2.45) is 0 Å². The summed E-state index contributed by atoms with van der Waals surface area (Å²) in [4.78, 5) is 32.5. The summed E-state index contributed by atoms with van der Waals surface area (Å²) in [5.41, 5.74) is 1.90. The van der Waals surface area contributed by atoms with Gasteiger partial charge in [-0.2, -0.15) is 0 Å². The maximum Gasteiger partial charge on any atom is 0.242 e. The number of rotatable bonds is 6. The van der Waals surface area contributed by atoms with Crippen LogP contribution in [-0.4, -0.2) is 74.5 Å². The highest BCUT2D eigenvalue weighted by molar-refractivity contribution is 5.97. The molecule has 0 atom stereocenters. The summed E-state index contributed by atoms with van der Waals surface area (Å²) in [6, 6.07) is 7.87. The predicted octanol–water partition coefficient (Wildman–Crippen LogP) is 1.66. The highest BCUT2D eigenvalue weighted by atomic mass is 16.2. The second-order valence-corrected chi connectivity index (χ2v) is 6.48. The van der Waals surface area contributed by atoms with E-state index in [1.807, 2.05) is 29.2 Å². The number of hydrogen-bond acceptors (Lipinski definition) is 4. The standard InChI is InChI=1S/C19H30N4O2/c1-5-21(6-2)17-7-9-18(10-8-17)23(16(3)24)15-19(25)22-13-11-20(4)12-14-22/h7-10H,5-6,11-15H2,1-4H3. The molecule has 1 aromatic carbocycles. The Kier molecular flexibility index (Phi) is 6.82. The third kappa shape index (κ3) is 4.95. The van der Waals surface area contributed by atoms with Crippen molar-refractivity contribution in [2.75, 3.05) is 62.7 Å². The molecular formula is C19H30N4O2. The van der Waals surface area contributed by atoms with E-state index in [0.29, 0.717) is 0 Å². The predicted molar refractivity (Wildman–Crippen MR) is 102 cm³/mol. The minimum absolute atomic E-state index is 0.0103. The second kappa shape index (κ2) is 8.85. The fourth-order valence-electron chi connectivity index (χ4n) is 3.11. The highest BCUT2D eigenvalue weighted by Gasteiger charge is 2.23. The number of nitrogens with zero attached hydrogens (tertiary/aromatic N) is 4. The van der Waals surface area contributed by atoms with Gasteiger partial charge in [0, 0.05) is 57.6 Å². The fraction of sp³-hybridized carbons (Fsp3) is 0.579. The molecule has 0 radical (unpaired) electrons. The minimum Gasteiger partial charge on any atom is -0.372 e. The van der Waals surface area contributed by atoms with E-state index in [1.165, 1.54) is 6.92 Å². The van der Waals surface area contributed by atoms with Crippen LogP contribution < -0.4 is 9.80 Å². The summed E-state index contributed by atoms with van der Waals surface area (Å²) >= 11 is 0. The number of anilines is 2. The molecule has 0 saturated carbocycles. The first-order chi connectivity index (χ1) is 12.0. The Hall–Kier alpha value is -2.08. The molecule has 0 aromatic heterocycles. The van der Waals surface area contributed by atoms with E-state index in [2.05, 4.69) is 30.7 Å². The van der Waals surface area contributed by atoms with Crippen LogP contribution in [0.25, 0.3) is 0 Å². The van der Waals surface area contributed by atoms with Gasteiger partial charge in [-0.1, -0.05) is 0 Å². The molecule has 1 aliphatic heterocycles. The quantitative estimate of drug-likeness (QED) is 0.786. The molecule has 2 amide bonds. The zero-order valence-corrected chi connectivity index (χ0v) is 15.9. The van der Waals surface area contributed by atoms with Gasteiger partial charge in [0.2, 0.25) is 11.8 Å². The third-order valence-corrected chi connectivity index (χ3v) is 4.82. The average molecular weight is 346 g/mol. The normalized spacial score (nSPS) is 15.1. The molecule has 138 valence electrons. The Labute approximate surface area is 151 Å². The molecule has 2 rings (SSSR count). The van der Waals surface area contributed by atoms with Crippen LogP contribution in [0.15, 0.2) is 24.3 Å². The molecule has 1 saturated heterocycles. The summed E-state index contributed by atoms with van der Waals surface area (Å²) in [7, 11) is 2.06. The number of benzene rings is 1. The van der Waals surface area contributed by atoms with Crippen molar-refractivity contribution >= 4 is 23.2 Å². The molecule has 0 aliphatic carbocycles. The minimum atomic E-state index is -0.113. The molecule has 25 heavy (non-hydrogen) atoms. The second-order valence-electron chi connectivity index (χ2n) is 6.48. The number of carbonyl (C=O) groups is 2. The Balaban J connectivity index is 2.07. The summed E-state index contributed by atoms with van der Waals surface area (Å²) in [6.45, 7) is 10.9. The fourth-order valence-corrected chi connectivity index (χ4v) is 3.11.